The Morgan fingerprint density at radius 1 is 1.32 bits per heavy atom. The molecule has 166 valence electrons. The van der Waals surface area contributed by atoms with Gasteiger partial charge in [0, 0.05) is 25.3 Å². The minimum Gasteiger partial charge on any atom is -0.444 e. The normalized spacial score (nSPS) is 19.0. The molecule has 2 heterocycles. The highest BCUT2D eigenvalue weighted by Gasteiger charge is 2.28. The Morgan fingerprint density at radius 3 is 2.65 bits per heavy atom. The van der Waals surface area contributed by atoms with Crippen LogP contribution in [0.3, 0.4) is 0 Å². The number of nitrogens with zero attached hydrogens (tertiary/aromatic N) is 3. The van der Waals surface area contributed by atoms with E-state index < -0.39 is 5.60 Å². The number of guanidine groups is 1. The Balaban J connectivity index is 1.58. The SMILES string of the molecule is C/C=N\c1ccc(/C=C2\N=C(NC3CCN(C(=O)OC(C)(C)C)CC3)NC2=O)cc1C. The van der Waals surface area contributed by atoms with Crippen LogP contribution in [0.2, 0.25) is 0 Å². The minimum atomic E-state index is -0.500. The number of hydrogen-bond acceptors (Lipinski definition) is 6. The van der Waals surface area contributed by atoms with Crippen LogP contribution in [0.1, 0.15) is 51.7 Å². The fourth-order valence-corrected chi connectivity index (χ4v) is 3.47. The number of rotatable bonds is 3. The quantitative estimate of drug-likeness (QED) is 0.572. The number of piperidine rings is 1. The van der Waals surface area contributed by atoms with E-state index in [1.165, 1.54) is 0 Å². The van der Waals surface area contributed by atoms with E-state index >= 15 is 0 Å². The molecular formula is C23H31N5O3. The summed E-state index contributed by atoms with van der Waals surface area (Å²) in [5.41, 5.74) is 2.70. The number of aliphatic imine (C=N–C) groups is 2. The van der Waals surface area contributed by atoms with E-state index in [0.717, 1.165) is 29.7 Å². The zero-order chi connectivity index (χ0) is 22.6. The molecule has 2 aliphatic rings. The van der Waals surface area contributed by atoms with Crippen molar-refractivity contribution in [2.24, 2.45) is 9.98 Å². The molecule has 0 radical (unpaired) electrons. The van der Waals surface area contributed by atoms with Gasteiger partial charge in [0.2, 0.25) is 5.96 Å². The van der Waals surface area contributed by atoms with Crippen LogP contribution in [-0.2, 0) is 9.53 Å². The molecule has 1 aromatic carbocycles. The van der Waals surface area contributed by atoms with E-state index in [4.69, 9.17) is 4.74 Å². The van der Waals surface area contributed by atoms with Crippen LogP contribution >= 0.6 is 0 Å². The molecule has 0 saturated carbocycles. The lowest BCUT2D eigenvalue weighted by atomic mass is 10.1. The van der Waals surface area contributed by atoms with Gasteiger partial charge in [0.15, 0.2) is 0 Å². The van der Waals surface area contributed by atoms with Crippen molar-refractivity contribution in [2.75, 3.05) is 13.1 Å². The number of amides is 2. The first-order valence-corrected chi connectivity index (χ1v) is 10.6. The lowest BCUT2D eigenvalue weighted by Gasteiger charge is -2.33. The van der Waals surface area contributed by atoms with Crippen molar-refractivity contribution in [3.63, 3.8) is 0 Å². The van der Waals surface area contributed by atoms with Gasteiger partial charge in [-0.1, -0.05) is 6.07 Å². The summed E-state index contributed by atoms with van der Waals surface area (Å²) in [4.78, 5) is 35.0. The first-order valence-electron chi connectivity index (χ1n) is 10.6. The molecule has 0 aliphatic carbocycles. The van der Waals surface area contributed by atoms with Gasteiger partial charge in [-0.3, -0.25) is 15.1 Å². The maximum atomic E-state index is 12.3. The fraction of sp³-hybridized carbons (Fsp3) is 0.478. The number of hydrogen-bond donors (Lipinski definition) is 2. The zero-order valence-electron chi connectivity index (χ0n) is 18.9. The lowest BCUT2D eigenvalue weighted by molar-refractivity contribution is -0.115. The fourth-order valence-electron chi connectivity index (χ4n) is 3.47. The highest BCUT2D eigenvalue weighted by Crippen LogP contribution is 2.22. The van der Waals surface area contributed by atoms with Crippen LogP contribution < -0.4 is 10.6 Å². The summed E-state index contributed by atoms with van der Waals surface area (Å²) in [6.45, 7) is 10.6. The van der Waals surface area contributed by atoms with Crippen LogP contribution in [0.25, 0.3) is 6.08 Å². The average Bonchev–Trinajstić information content (AvgIpc) is 3.02. The van der Waals surface area contributed by atoms with Crippen molar-refractivity contribution in [2.45, 2.75) is 59.1 Å². The molecule has 2 N–H and O–H groups in total. The number of benzene rings is 1. The molecule has 31 heavy (non-hydrogen) atoms. The number of carbonyl (C=O) groups is 2. The predicted molar refractivity (Wildman–Crippen MR) is 123 cm³/mol. The van der Waals surface area contributed by atoms with Crippen LogP contribution in [0.15, 0.2) is 33.9 Å². The second kappa shape index (κ2) is 9.32. The molecule has 0 spiro atoms. The molecule has 1 aromatic rings. The van der Waals surface area contributed by atoms with Crippen LogP contribution in [0.4, 0.5) is 10.5 Å². The summed E-state index contributed by atoms with van der Waals surface area (Å²) in [7, 11) is 0. The van der Waals surface area contributed by atoms with E-state index in [-0.39, 0.29) is 18.0 Å². The number of aryl methyl sites for hydroxylation is 1. The van der Waals surface area contributed by atoms with Crippen molar-refractivity contribution in [1.82, 2.24) is 15.5 Å². The van der Waals surface area contributed by atoms with E-state index in [2.05, 4.69) is 20.6 Å². The Morgan fingerprint density at radius 2 is 2.03 bits per heavy atom. The molecule has 2 amide bonds. The summed E-state index contributed by atoms with van der Waals surface area (Å²) >= 11 is 0. The monoisotopic (exact) mass is 425 g/mol. The van der Waals surface area contributed by atoms with Crippen molar-refractivity contribution in [3.05, 3.63) is 35.0 Å². The average molecular weight is 426 g/mol. The first-order chi connectivity index (χ1) is 14.6. The molecular weight excluding hydrogens is 394 g/mol. The van der Waals surface area contributed by atoms with Gasteiger partial charge in [-0.05, 0) is 76.8 Å². The van der Waals surface area contributed by atoms with Gasteiger partial charge >= 0.3 is 6.09 Å². The van der Waals surface area contributed by atoms with E-state index in [0.29, 0.717) is 24.7 Å². The van der Waals surface area contributed by atoms with Crippen LogP contribution in [0, 0.1) is 6.92 Å². The van der Waals surface area contributed by atoms with Gasteiger partial charge in [0.05, 0.1) is 5.69 Å². The summed E-state index contributed by atoms with van der Waals surface area (Å²) in [5, 5.41) is 6.07. The topological polar surface area (TPSA) is 95.4 Å². The molecule has 8 nitrogen and oxygen atoms in total. The molecule has 2 aliphatic heterocycles. The second-order valence-corrected chi connectivity index (χ2v) is 8.76. The number of carbonyl (C=O) groups excluding carboxylic acids is 2. The summed E-state index contributed by atoms with van der Waals surface area (Å²) in [6, 6.07) is 5.96. The second-order valence-electron chi connectivity index (χ2n) is 8.76. The summed E-state index contributed by atoms with van der Waals surface area (Å²) in [6.07, 6.45) is 4.75. The Kier molecular flexibility index (Phi) is 6.77. The zero-order valence-corrected chi connectivity index (χ0v) is 18.9. The third-order valence-corrected chi connectivity index (χ3v) is 4.98. The Bertz CT molecular complexity index is 935. The predicted octanol–water partition coefficient (Wildman–Crippen LogP) is 3.53. The molecule has 0 bridgehead atoms. The third kappa shape index (κ3) is 6.16. The Hall–Kier alpha value is -3.16. The van der Waals surface area contributed by atoms with Crippen LogP contribution in [0.5, 0.6) is 0 Å². The number of nitrogens with one attached hydrogen (secondary N) is 2. The highest BCUT2D eigenvalue weighted by atomic mass is 16.6. The minimum absolute atomic E-state index is 0.130. The van der Waals surface area contributed by atoms with Gasteiger partial charge in [-0.15, -0.1) is 0 Å². The first kappa shape index (κ1) is 22.5. The number of ether oxygens (including phenoxy) is 1. The molecule has 0 aromatic heterocycles. The van der Waals surface area contributed by atoms with E-state index in [9.17, 15) is 9.59 Å². The van der Waals surface area contributed by atoms with Gasteiger partial charge in [-0.25, -0.2) is 9.79 Å². The van der Waals surface area contributed by atoms with Crippen molar-refractivity contribution in [3.8, 4) is 0 Å². The van der Waals surface area contributed by atoms with Gasteiger partial charge in [-0.2, -0.15) is 0 Å². The third-order valence-electron chi connectivity index (χ3n) is 4.98. The maximum absolute atomic E-state index is 12.3. The lowest BCUT2D eigenvalue weighted by Crippen LogP contribution is -2.50. The van der Waals surface area contributed by atoms with Crippen LogP contribution in [-0.4, -0.2) is 53.8 Å². The van der Waals surface area contributed by atoms with Crippen molar-refractivity contribution < 1.29 is 14.3 Å². The van der Waals surface area contributed by atoms with E-state index in [1.54, 1.807) is 17.2 Å². The maximum Gasteiger partial charge on any atom is 0.410 e. The molecule has 8 heteroatoms. The molecule has 1 fully saturated rings. The van der Waals surface area contributed by atoms with Gasteiger partial charge < -0.3 is 15.0 Å². The van der Waals surface area contributed by atoms with Crippen molar-refractivity contribution in [1.29, 1.82) is 0 Å². The van der Waals surface area contributed by atoms with E-state index in [1.807, 2.05) is 52.8 Å². The largest absolute Gasteiger partial charge is 0.444 e. The number of likely N-dealkylation sites (tertiary alicyclic amines) is 1. The highest BCUT2D eigenvalue weighted by molar-refractivity contribution is 6.13. The summed E-state index contributed by atoms with van der Waals surface area (Å²) in [5.74, 6) is 0.220. The molecule has 0 atom stereocenters. The summed E-state index contributed by atoms with van der Waals surface area (Å²) < 4.78 is 5.43. The van der Waals surface area contributed by atoms with Gasteiger partial charge in [0.25, 0.3) is 5.91 Å². The molecule has 0 unspecified atom stereocenters. The van der Waals surface area contributed by atoms with Gasteiger partial charge in [0.1, 0.15) is 11.3 Å². The Labute approximate surface area is 183 Å². The smallest absolute Gasteiger partial charge is 0.410 e. The molecule has 1 saturated heterocycles. The standard InChI is InChI=1S/C23H31N5O3/c1-6-24-18-8-7-16(13-15(18)2)14-19-20(29)27-21(26-19)25-17-9-11-28(12-10-17)22(30)31-23(3,4)5/h6-8,13-14,17H,9-12H2,1-5H3,(H2,25,26,27,29)/b19-14-,24-6-. The van der Waals surface area contributed by atoms with Crippen molar-refractivity contribution >= 4 is 35.9 Å². The molecule has 3 rings (SSSR count).